The number of hydrogen-bond acceptors (Lipinski definition) is 7. The molecule has 0 saturated carbocycles. The molecule has 1 saturated heterocycles. The van der Waals surface area contributed by atoms with Gasteiger partial charge in [-0.2, -0.15) is 0 Å². The first-order valence-corrected chi connectivity index (χ1v) is 12.4. The van der Waals surface area contributed by atoms with Gasteiger partial charge in [0.1, 0.15) is 0 Å². The number of methoxy groups -OCH3 is 2. The molecule has 192 valence electrons. The molecule has 8 heteroatoms. The fourth-order valence-corrected chi connectivity index (χ4v) is 6.23. The number of carbonyl (C=O) groups excluding carboxylic acids is 4. The molecule has 37 heavy (non-hydrogen) atoms. The molecule has 4 unspecified atom stereocenters. The molecule has 0 spiro atoms. The van der Waals surface area contributed by atoms with E-state index < -0.39 is 17.8 Å². The Bertz CT molecular complexity index is 1340. The maximum absolute atomic E-state index is 13.3. The van der Waals surface area contributed by atoms with Gasteiger partial charge in [0, 0.05) is 29.2 Å². The lowest BCUT2D eigenvalue weighted by Gasteiger charge is -2.41. The van der Waals surface area contributed by atoms with Gasteiger partial charge in [-0.05, 0) is 56.4 Å². The lowest BCUT2D eigenvalue weighted by Crippen LogP contribution is -2.40. The number of likely N-dealkylation sites (tertiary alicyclic amines) is 1. The third-order valence-corrected chi connectivity index (χ3v) is 8.00. The monoisotopic (exact) mass is 503 g/mol. The molecule has 1 aromatic carbocycles. The van der Waals surface area contributed by atoms with E-state index in [-0.39, 0.29) is 53.0 Å². The van der Waals surface area contributed by atoms with Crippen molar-refractivity contribution < 1.29 is 33.8 Å². The number of phenols is 1. The number of benzene rings is 1. The van der Waals surface area contributed by atoms with E-state index in [1.54, 1.807) is 32.1 Å². The van der Waals surface area contributed by atoms with Gasteiger partial charge >= 0.3 is 0 Å². The standard InChI is InChI=1S/C29H29NO7/c1-5-30-28(34)18-9-8-16-17(7-6-15-11-22(36-3)27(33)23(12-15)37-4)24-20(13-19(16)25(18)29(30)35)21(31)10-14(2)26(24)32/h6-8,10-12,17-19,25,33H,5,9,13H2,1-4H3. The number of fused-ring (bicyclic) bond motifs is 3. The van der Waals surface area contributed by atoms with Crippen LogP contribution in [-0.2, 0) is 19.2 Å². The van der Waals surface area contributed by atoms with Crippen molar-refractivity contribution in [3.63, 3.8) is 0 Å². The van der Waals surface area contributed by atoms with Crippen LogP contribution in [0.4, 0.5) is 0 Å². The molecule has 1 heterocycles. The first-order valence-electron chi connectivity index (χ1n) is 12.4. The van der Waals surface area contributed by atoms with Crippen LogP contribution in [0.3, 0.4) is 0 Å². The summed E-state index contributed by atoms with van der Waals surface area (Å²) in [5, 5.41) is 10.3. The average molecular weight is 504 g/mol. The number of imide groups is 1. The number of carbonyl (C=O) groups is 4. The first-order chi connectivity index (χ1) is 17.7. The normalized spacial score (nSPS) is 27.2. The predicted octanol–water partition coefficient (Wildman–Crippen LogP) is 3.40. The zero-order valence-corrected chi connectivity index (χ0v) is 21.2. The summed E-state index contributed by atoms with van der Waals surface area (Å²) in [5.41, 5.74) is 2.79. The molecule has 4 aliphatic rings. The third kappa shape index (κ3) is 3.74. The van der Waals surface area contributed by atoms with E-state index in [0.717, 1.165) is 5.57 Å². The Hall–Kier alpha value is -3.94. The smallest absolute Gasteiger partial charge is 0.233 e. The molecule has 0 aromatic heterocycles. The maximum atomic E-state index is 13.3. The highest BCUT2D eigenvalue weighted by molar-refractivity contribution is 6.23. The molecule has 1 N–H and O–H groups in total. The van der Waals surface area contributed by atoms with Gasteiger partial charge in [0.05, 0.1) is 26.1 Å². The molecule has 1 fully saturated rings. The second kappa shape index (κ2) is 9.18. The number of amides is 2. The van der Waals surface area contributed by atoms with E-state index in [2.05, 4.69) is 0 Å². The summed E-state index contributed by atoms with van der Waals surface area (Å²) in [6.07, 6.45) is 7.67. The van der Waals surface area contributed by atoms with Gasteiger partial charge in [-0.15, -0.1) is 0 Å². The van der Waals surface area contributed by atoms with E-state index in [1.165, 1.54) is 25.2 Å². The number of nitrogens with zero attached hydrogens (tertiary/aromatic N) is 1. The summed E-state index contributed by atoms with van der Waals surface area (Å²) < 4.78 is 10.5. The molecule has 3 aliphatic carbocycles. The molecular weight excluding hydrogens is 474 g/mol. The van der Waals surface area contributed by atoms with Crippen molar-refractivity contribution in [2.75, 3.05) is 20.8 Å². The minimum atomic E-state index is -0.541. The fraction of sp³-hybridized carbons (Fsp3) is 0.379. The zero-order valence-electron chi connectivity index (χ0n) is 21.2. The van der Waals surface area contributed by atoms with Gasteiger partial charge < -0.3 is 14.6 Å². The molecule has 5 rings (SSSR count). The number of Topliss-reactive ketones (excluding diaryl/α,β-unsaturated/α-hetero) is 1. The Balaban J connectivity index is 1.62. The van der Waals surface area contributed by atoms with E-state index in [9.17, 15) is 24.3 Å². The van der Waals surface area contributed by atoms with Crippen LogP contribution in [0.5, 0.6) is 17.2 Å². The van der Waals surface area contributed by atoms with Gasteiger partial charge in [-0.3, -0.25) is 24.1 Å². The molecule has 1 aromatic rings. The summed E-state index contributed by atoms with van der Waals surface area (Å²) in [4.78, 5) is 53.9. The molecule has 4 atom stereocenters. The van der Waals surface area contributed by atoms with Crippen molar-refractivity contribution in [2.24, 2.45) is 23.7 Å². The number of allylic oxidation sites excluding steroid dienone is 7. The van der Waals surface area contributed by atoms with Crippen molar-refractivity contribution in [3.05, 3.63) is 58.2 Å². The van der Waals surface area contributed by atoms with Crippen LogP contribution in [0.1, 0.15) is 32.3 Å². The Morgan fingerprint density at radius 2 is 1.73 bits per heavy atom. The number of ketones is 2. The molecule has 1 aliphatic heterocycles. The summed E-state index contributed by atoms with van der Waals surface area (Å²) in [6.45, 7) is 3.73. The SMILES string of the molecule is CCN1C(=O)C2CC=C3C(C=Cc4cc(OC)c(O)c(OC)c4)C4=C(CC3C2C1=O)C(=O)C=C(C)C4=O. The summed E-state index contributed by atoms with van der Waals surface area (Å²) in [6, 6.07) is 3.29. The van der Waals surface area contributed by atoms with Crippen LogP contribution in [0, 0.1) is 23.7 Å². The second-order valence-electron chi connectivity index (χ2n) is 9.83. The molecule has 0 bridgehead atoms. The van der Waals surface area contributed by atoms with E-state index >= 15 is 0 Å². The van der Waals surface area contributed by atoms with Crippen LogP contribution in [-0.4, -0.2) is 54.2 Å². The number of phenolic OH excluding ortho intramolecular Hbond substituents is 1. The van der Waals surface area contributed by atoms with Crippen LogP contribution in [0.15, 0.2) is 52.7 Å². The number of aromatic hydroxyl groups is 1. The summed E-state index contributed by atoms with van der Waals surface area (Å²) in [7, 11) is 2.88. The van der Waals surface area contributed by atoms with Crippen molar-refractivity contribution >= 4 is 29.5 Å². The quantitative estimate of drug-likeness (QED) is 0.373. The van der Waals surface area contributed by atoms with Crippen LogP contribution < -0.4 is 9.47 Å². The Labute approximate surface area is 214 Å². The Kier molecular flexibility index (Phi) is 6.14. The minimum Gasteiger partial charge on any atom is -0.502 e. The molecule has 2 amide bonds. The van der Waals surface area contributed by atoms with E-state index in [4.69, 9.17) is 9.47 Å². The predicted molar refractivity (Wildman–Crippen MR) is 135 cm³/mol. The summed E-state index contributed by atoms with van der Waals surface area (Å²) >= 11 is 0. The average Bonchev–Trinajstić information content (AvgIpc) is 3.14. The van der Waals surface area contributed by atoms with Crippen LogP contribution in [0.25, 0.3) is 6.08 Å². The van der Waals surface area contributed by atoms with Crippen molar-refractivity contribution in [2.45, 2.75) is 26.7 Å². The molecule has 0 radical (unpaired) electrons. The first kappa shape index (κ1) is 24.7. The second-order valence-corrected chi connectivity index (χ2v) is 9.83. The largest absolute Gasteiger partial charge is 0.502 e. The van der Waals surface area contributed by atoms with Crippen LogP contribution in [0.2, 0.25) is 0 Å². The highest BCUT2D eigenvalue weighted by Gasteiger charge is 2.55. The number of hydrogen-bond donors (Lipinski definition) is 1. The Morgan fingerprint density at radius 3 is 2.35 bits per heavy atom. The third-order valence-electron chi connectivity index (χ3n) is 8.00. The highest BCUT2D eigenvalue weighted by atomic mass is 16.5. The van der Waals surface area contributed by atoms with Crippen molar-refractivity contribution in [1.29, 1.82) is 0 Å². The topological polar surface area (TPSA) is 110 Å². The van der Waals surface area contributed by atoms with Crippen molar-refractivity contribution in [1.82, 2.24) is 4.90 Å². The lowest BCUT2D eigenvalue weighted by atomic mass is 9.60. The zero-order chi connectivity index (χ0) is 26.6. The van der Waals surface area contributed by atoms with Crippen LogP contribution >= 0.6 is 0 Å². The van der Waals surface area contributed by atoms with Gasteiger partial charge in [-0.1, -0.05) is 23.8 Å². The lowest BCUT2D eigenvalue weighted by molar-refractivity contribution is -0.139. The van der Waals surface area contributed by atoms with Gasteiger partial charge in [0.15, 0.2) is 23.1 Å². The minimum absolute atomic E-state index is 0.121. The Morgan fingerprint density at radius 1 is 1.05 bits per heavy atom. The molecule has 8 nitrogen and oxygen atoms in total. The highest BCUT2D eigenvalue weighted by Crippen LogP contribution is 2.52. The summed E-state index contributed by atoms with van der Waals surface area (Å²) in [5.74, 6) is -2.27. The van der Waals surface area contributed by atoms with Gasteiger partial charge in [0.2, 0.25) is 17.6 Å². The maximum Gasteiger partial charge on any atom is 0.233 e. The van der Waals surface area contributed by atoms with E-state index in [0.29, 0.717) is 35.2 Å². The molecular formula is C29H29NO7. The van der Waals surface area contributed by atoms with E-state index in [1.807, 2.05) is 12.2 Å². The van der Waals surface area contributed by atoms with Crippen molar-refractivity contribution in [3.8, 4) is 17.2 Å². The van der Waals surface area contributed by atoms with Gasteiger partial charge in [0.25, 0.3) is 0 Å². The fourth-order valence-electron chi connectivity index (χ4n) is 6.23. The van der Waals surface area contributed by atoms with Gasteiger partial charge in [-0.25, -0.2) is 0 Å². The number of rotatable bonds is 5. The number of ether oxygens (including phenoxy) is 2.